The molecule has 52 heavy (non-hydrogen) atoms. The summed E-state index contributed by atoms with van der Waals surface area (Å²) in [7, 11) is 0. The highest BCUT2D eigenvalue weighted by Crippen LogP contribution is 2.52. The molecule has 10 rings (SSSR count). The number of fused-ring (bicyclic) bond motifs is 6. The van der Waals surface area contributed by atoms with E-state index in [2.05, 4.69) is 129 Å². The fourth-order valence-corrected chi connectivity index (χ4v) is 7.99. The maximum Gasteiger partial charge on any atom is 0.164 e. The van der Waals surface area contributed by atoms with E-state index >= 15 is 0 Å². The van der Waals surface area contributed by atoms with Crippen LogP contribution >= 0.6 is 0 Å². The molecule has 0 saturated heterocycles. The topological polar surface area (TPSA) is 51.8 Å². The fraction of sp³-hybridized carbons (Fsp3) is 0.0625. The standard InChI is InChI=1S/C48H33N3O/c1-48(2)39-23-10-9-20-36(39)43-35(21-12-24-40(43)48)33-26-27-41-38(29-33)44-37(22-13-25-42(44)52-41)47-50-45(31-16-7-4-8-17-31)49-46(51-47)34-19-11-18-32(28-34)30-14-5-3-6-15-30/h3-29H,1-2H3. The largest absolute Gasteiger partial charge is 0.456 e. The zero-order chi connectivity index (χ0) is 34.8. The molecule has 1 aliphatic rings. The molecule has 0 bridgehead atoms. The highest BCUT2D eigenvalue weighted by atomic mass is 16.3. The molecule has 0 radical (unpaired) electrons. The predicted molar refractivity (Wildman–Crippen MR) is 212 cm³/mol. The van der Waals surface area contributed by atoms with E-state index in [4.69, 9.17) is 19.4 Å². The minimum atomic E-state index is -0.0744. The lowest BCUT2D eigenvalue weighted by Crippen LogP contribution is -2.14. The van der Waals surface area contributed by atoms with Gasteiger partial charge in [-0.05, 0) is 68.8 Å². The lowest BCUT2D eigenvalue weighted by atomic mass is 9.82. The van der Waals surface area contributed by atoms with Crippen LogP contribution in [0.3, 0.4) is 0 Å². The van der Waals surface area contributed by atoms with Crippen LogP contribution in [-0.2, 0) is 5.41 Å². The minimum absolute atomic E-state index is 0.0744. The van der Waals surface area contributed by atoms with Crippen molar-refractivity contribution in [3.63, 3.8) is 0 Å². The summed E-state index contributed by atoms with van der Waals surface area (Å²) in [6, 6.07) is 57.2. The van der Waals surface area contributed by atoms with E-state index in [0.29, 0.717) is 17.5 Å². The predicted octanol–water partition coefficient (Wildman–Crippen LogP) is 12.4. The highest BCUT2D eigenvalue weighted by molar-refractivity contribution is 6.13. The molecule has 0 N–H and O–H groups in total. The van der Waals surface area contributed by atoms with Crippen LogP contribution in [0.25, 0.3) is 89.5 Å². The first-order valence-electron chi connectivity index (χ1n) is 17.7. The van der Waals surface area contributed by atoms with E-state index in [1.54, 1.807) is 0 Å². The van der Waals surface area contributed by atoms with Gasteiger partial charge >= 0.3 is 0 Å². The van der Waals surface area contributed by atoms with Crippen LogP contribution in [0.15, 0.2) is 168 Å². The highest BCUT2D eigenvalue weighted by Gasteiger charge is 2.36. The van der Waals surface area contributed by atoms with Crippen LogP contribution in [-0.4, -0.2) is 15.0 Å². The van der Waals surface area contributed by atoms with Crippen molar-refractivity contribution in [2.24, 2.45) is 0 Å². The Balaban J connectivity index is 1.18. The monoisotopic (exact) mass is 667 g/mol. The molecule has 2 aromatic heterocycles. The van der Waals surface area contributed by atoms with E-state index in [1.807, 2.05) is 48.5 Å². The second-order valence-electron chi connectivity index (χ2n) is 14.0. The summed E-state index contributed by atoms with van der Waals surface area (Å²) in [5, 5.41) is 2.02. The Labute approximate surface area is 302 Å². The molecule has 246 valence electrons. The Morgan fingerprint density at radius 3 is 1.83 bits per heavy atom. The molecule has 2 heterocycles. The van der Waals surface area contributed by atoms with Crippen molar-refractivity contribution in [1.82, 2.24) is 15.0 Å². The quantitative estimate of drug-likeness (QED) is 0.183. The zero-order valence-electron chi connectivity index (χ0n) is 28.8. The van der Waals surface area contributed by atoms with Crippen molar-refractivity contribution in [2.45, 2.75) is 19.3 Å². The average molecular weight is 668 g/mol. The number of furan rings is 1. The minimum Gasteiger partial charge on any atom is -0.456 e. The van der Waals surface area contributed by atoms with Gasteiger partial charge in [-0.1, -0.05) is 153 Å². The molecule has 4 nitrogen and oxygen atoms in total. The third kappa shape index (κ3) is 4.79. The van der Waals surface area contributed by atoms with E-state index < -0.39 is 0 Å². The van der Waals surface area contributed by atoms with Gasteiger partial charge in [0, 0.05) is 32.9 Å². The molecule has 4 heteroatoms. The smallest absolute Gasteiger partial charge is 0.164 e. The summed E-state index contributed by atoms with van der Waals surface area (Å²) in [6.45, 7) is 4.65. The third-order valence-corrected chi connectivity index (χ3v) is 10.5. The zero-order valence-corrected chi connectivity index (χ0v) is 28.8. The second-order valence-corrected chi connectivity index (χ2v) is 14.0. The molecular formula is C48H33N3O. The summed E-state index contributed by atoms with van der Waals surface area (Å²) in [4.78, 5) is 15.3. The van der Waals surface area contributed by atoms with Crippen LogP contribution in [0.4, 0.5) is 0 Å². The Hall–Kier alpha value is -6.65. The molecule has 9 aromatic rings. The lowest BCUT2D eigenvalue weighted by molar-refractivity contribution is 0.660. The molecule has 0 atom stereocenters. The summed E-state index contributed by atoms with van der Waals surface area (Å²) in [6.07, 6.45) is 0. The van der Waals surface area contributed by atoms with E-state index in [1.165, 1.54) is 27.8 Å². The van der Waals surface area contributed by atoms with E-state index in [0.717, 1.165) is 55.3 Å². The van der Waals surface area contributed by atoms with Crippen molar-refractivity contribution < 1.29 is 4.42 Å². The van der Waals surface area contributed by atoms with Crippen LogP contribution in [0, 0.1) is 0 Å². The van der Waals surface area contributed by atoms with Crippen LogP contribution < -0.4 is 0 Å². The number of hydrogen-bond donors (Lipinski definition) is 0. The van der Waals surface area contributed by atoms with Gasteiger partial charge in [0.25, 0.3) is 0 Å². The SMILES string of the molecule is CC1(C)c2ccccc2-c2c(-c3ccc4oc5cccc(-c6nc(-c7ccccc7)nc(-c7cccc(-c8ccccc8)c7)n6)c5c4c3)cccc21. The lowest BCUT2D eigenvalue weighted by Gasteiger charge is -2.21. The number of aromatic nitrogens is 3. The number of rotatable bonds is 5. The Kier molecular flexibility index (Phi) is 6.80. The van der Waals surface area contributed by atoms with E-state index in [-0.39, 0.29) is 5.41 Å². The third-order valence-electron chi connectivity index (χ3n) is 10.5. The van der Waals surface area contributed by atoms with Gasteiger partial charge in [0.1, 0.15) is 11.2 Å². The van der Waals surface area contributed by atoms with Crippen LogP contribution in [0.1, 0.15) is 25.0 Å². The van der Waals surface area contributed by atoms with Crippen molar-refractivity contribution >= 4 is 21.9 Å². The first-order chi connectivity index (χ1) is 25.5. The van der Waals surface area contributed by atoms with E-state index in [9.17, 15) is 0 Å². The van der Waals surface area contributed by atoms with Gasteiger partial charge < -0.3 is 4.42 Å². The molecule has 7 aromatic carbocycles. The van der Waals surface area contributed by atoms with Crippen molar-refractivity contribution in [2.75, 3.05) is 0 Å². The molecule has 0 amide bonds. The first kappa shape index (κ1) is 30.2. The molecular weight excluding hydrogens is 635 g/mol. The van der Waals surface area contributed by atoms with Crippen molar-refractivity contribution in [3.05, 3.63) is 175 Å². The van der Waals surface area contributed by atoms with Crippen molar-refractivity contribution in [1.29, 1.82) is 0 Å². The summed E-state index contributed by atoms with van der Waals surface area (Å²) >= 11 is 0. The molecule has 0 unspecified atom stereocenters. The maximum atomic E-state index is 6.51. The Bertz CT molecular complexity index is 2820. The Morgan fingerprint density at radius 2 is 1.00 bits per heavy atom. The van der Waals surface area contributed by atoms with Gasteiger partial charge in [-0.25, -0.2) is 15.0 Å². The second kappa shape index (κ2) is 11.7. The fourth-order valence-electron chi connectivity index (χ4n) is 7.99. The molecule has 0 saturated carbocycles. The maximum absolute atomic E-state index is 6.51. The van der Waals surface area contributed by atoms with Crippen molar-refractivity contribution in [3.8, 4) is 67.5 Å². The molecule has 1 aliphatic carbocycles. The van der Waals surface area contributed by atoms with Gasteiger partial charge in [-0.3, -0.25) is 0 Å². The number of nitrogens with zero attached hydrogens (tertiary/aromatic N) is 3. The molecule has 0 spiro atoms. The average Bonchev–Trinajstić information content (AvgIpc) is 3.70. The first-order valence-corrected chi connectivity index (χ1v) is 17.7. The molecule has 0 aliphatic heterocycles. The van der Waals surface area contributed by atoms with Gasteiger partial charge in [0.2, 0.25) is 0 Å². The van der Waals surface area contributed by atoms with Gasteiger partial charge in [0.05, 0.1) is 0 Å². The summed E-state index contributed by atoms with van der Waals surface area (Å²) < 4.78 is 6.51. The normalized spacial score (nSPS) is 13.0. The summed E-state index contributed by atoms with van der Waals surface area (Å²) in [5.74, 6) is 1.84. The Morgan fingerprint density at radius 1 is 0.404 bits per heavy atom. The number of benzene rings is 7. The number of hydrogen-bond acceptors (Lipinski definition) is 4. The van der Waals surface area contributed by atoms with Gasteiger partial charge in [-0.2, -0.15) is 0 Å². The van der Waals surface area contributed by atoms with Gasteiger partial charge in [0.15, 0.2) is 17.5 Å². The van der Waals surface area contributed by atoms with Gasteiger partial charge in [-0.15, -0.1) is 0 Å². The van der Waals surface area contributed by atoms with Crippen LogP contribution in [0.5, 0.6) is 0 Å². The summed E-state index contributed by atoms with van der Waals surface area (Å²) in [5.41, 5.74) is 14.2. The molecule has 0 fully saturated rings. The van der Waals surface area contributed by atoms with Crippen LogP contribution in [0.2, 0.25) is 0 Å².